The van der Waals surface area contributed by atoms with Crippen LogP contribution in [0.25, 0.3) is 11.2 Å². The molecule has 0 spiro atoms. The van der Waals surface area contributed by atoms with Gasteiger partial charge in [0.1, 0.15) is 11.3 Å². The molecule has 104 valence electrons. The van der Waals surface area contributed by atoms with Gasteiger partial charge >= 0.3 is 0 Å². The highest BCUT2D eigenvalue weighted by Crippen LogP contribution is 2.18. The van der Waals surface area contributed by atoms with E-state index in [1.807, 2.05) is 13.0 Å². The molecule has 2 heterocycles. The van der Waals surface area contributed by atoms with Crippen molar-refractivity contribution in [1.82, 2.24) is 14.5 Å². The van der Waals surface area contributed by atoms with Gasteiger partial charge < -0.3 is 4.57 Å². The van der Waals surface area contributed by atoms with Gasteiger partial charge in [0.2, 0.25) is 0 Å². The lowest BCUT2D eigenvalue weighted by atomic mass is 10.3. The molecular formula is C12H16ClN3O2S. The van der Waals surface area contributed by atoms with Crippen molar-refractivity contribution in [2.45, 2.75) is 26.3 Å². The third-order valence-electron chi connectivity index (χ3n) is 3.10. The van der Waals surface area contributed by atoms with Crippen molar-refractivity contribution in [1.29, 1.82) is 0 Å². The maximum atomic E-state index is 11.6. The highest BCUT2D eigenvalue weighted by Gasteiger charge is 2.15. The number of halogens is 1. The highest BCUT2D eigenvalue weighted by molar-refractivity contribution is 7.91. The van der Waals surface area contributed by atoms with Gasteiger partial charge in [0.05, 0.1) is 11.6 Å². The third-order valence-corrected chi connectivity index (χ3v) is 5.02. The summed E-state index contributed by atoms with van der Waals surface area (Å²) in [6, 6.07) is 1.88. The monoisotopic (exact) mass is 301 g/mol. The third kappa shape index (κ3) is 2.90. The summed E-state index contributed by atoms with van der Waals surface area (Å²) >= 11 is 5.88. The molecule has 0 unspecified atom stereocenters. The Labute approximate surface area is 117 Å². The molecule has 0 fully saturated rings. The van der Waals surface area contributed by atoms with E-state index in [9.17, 15) is 8.42 Å². The smallest absolute Gasteiger partial charge is 0.160 e. The summed E-state index contributed by atoms with van der Waals surface area (Å²) in [5.41, 5.74) is 2.49. The lowest BCUT2D eigenvalue weighted by Crippen LogP contribution is -2.16. The average Bonchev–Trinajstić information content (AvgIpc) is 2.76. The minimum Gasteiger partial charge on any atom is -0.311 e. The largest absolute Gasteiger partial charge is 0.311 e. The Morgan fingerprint density at radius 1 is 1.42 bits per heavy atom. The fraction of sp³-hybridized carbons (Fsp3) is 0.500. The van der Waals surface area contributed by atoms with Gasteiger partial charge in [0.15, 0.2) is 15.5 Å². The van der Waals surface area contributed by atoms with Gasteiger partial charge in [-0.1, -0.05) is 6.92 Å². The maximum Gasteiger partial charge on any atom is 0.160 e. The summed E-state index contributed by atoms with van der Waals surface area (Å²) in [4.78, 5) is 8.71. The van der Waals surface area contributed by atoms with Crippen molar-refractivity contribution >= 4 is 32.6 Å². The van der Waals surface area contributed by atoms with Crippen LogP contribution in [0.3, 0.4) is 0 Å². The summed E-state index contributed by atoms with van der Waals surface area (Å²) in [5.74, 6) is 1.11. The molecule has 19 heavy (non-hydrogen) atoms. The average molecular weight is 302 g/mol. The Kier molecular flexibility index (Phi) is 4.10. The van der Waals surface area contributed by atoms with Gasteiger partial charge in [-0.3, -0.25) is 0 Å². The van der Waals surface area contributed by atoms with Crippen LogP contribution in [0.1, 0.15) is 18.3 Å². The molecule has 0 aliphatic rings. The van der Waals surface area contributed by atoms with Gasteiger partial charge in [0, 0.05) is 18.5 Å². The molecule has 0 aromatic carbocycles. The normalized spacial score (nSPS) is 12.2. The number of pyridine rings is 1. The zero-order valence-electron chi connectivity index (χ0n) is 10.9. The second-order valence-corrected chi connectivity index (χ2v) is 7.09. The molecule has 0 atom stereocenters. The Hall–Kier alpha value is -1.14. The van der Waals surface area contributed by atoms with Gasteiger partial charge in [-0.25, -0.2) is 18.4 Å². The second-order valence-electron chi connectivity index (χ2n) is 4.35. The predicted octanol–water partition coefficient (Wildman–Crippen LogP) is 1.91. The van der Waals surface area contributed by atoms with Crippen LogP contribution in [0.2, 0.25) is 0 Å². The first-order valence-corrected chi connectivity index (χ1v) is 8.41. The van der Waals surface area contributed by atoms with Crippen molar-refractivity contribution in [2.24, 2.45) is 0 Å². The molecule has 2 rings (SSSR count). The van der Waals surface area contributed by atoms with Crippen LogP contribution in [-0.2, 0) is 22.3 Å². The van der Waals surface area contributed by atoms with E-state index >= 15 is 0 Å². The molecule has 2 aromatic rings. The molecule has 0 radical (unpaired) electrons. The van der Waals surface area contributed by atoms with E-state index in [-0.39, 0.29) is 17.4 Å². The molecule has 7 heteroatoms. The number of aromatic nitrogens is 3. The van der Waals surface area contributed by atoms with E-state index in [0.717, 1.165) is 11.1 Å². The van der Waals surface area contributed by atoms with Crippen LogP contribution in [0.4, 0.5) is 0 Å². The van der Waals surface area contributed by atoms with Crippen molar-refractivity contribution in [3.05, 3.63) is 23.7 Å². The van der Waals surface area contributed by atoms with Crippen molar-refractivity contribution in [3.8, 4) is 0 Å². The number of rotatable bonds is 5. The number of hydrogen-bond acceptors (Lipinski definition) is 4. The van der Waals surface area contributed by atoms with Gasteiger partial charge in [-0.15, -0.1) is 11.6 Å². The summed E-state index contributed by atoms with van der Waals surface area (Å²) in [7, 11) is -3.02. The van der Waals surface area contributed by atoms with E-state index in [0.29, 0.717) is 18.0 Å². The maximum absolute atomic E-state index is 11.6. The topological polar surface area (TPSA) is 64.8 Å². The van der Waals surface area contributed by atoms with Gasteiger partial charge in [-0.05, 0) is 18.6 Å². The molecule has 0 amide bonds. The summed E-state index contributed by atoms with van der Waals surface area (Å²) < 4.78 is 25.0. The molecule has 0 saturated carbocycles. The van der Waals surface area contributed by atoms with E-state index in [4.69, 9.17) is 11.6 Å². The van der Waals surface area contributed by atoms with Gasteiger partial charge in [0.25, 0.3) is 0 Å². The number of sulfone groups is 1. The number of fused-ring (bicyclic) bond motifs is 1. The molecule has 0 N–H and O–H groups in total. The standard InChI is InChI=1S/C12H16ClN3O2S/c1-3-19(17,18)7-6-16-10(8-13)15-11-9(2)4-5-14-12(11)16/h4-5H,3,6-8H2,1-2H3. The van der Waals surface area contributed by atoms with E-state index in [1.54, 1.807) is 17.7 Å². The Balaban J connectivity index is 2.44. The van der Waals surface area contributed by atoms with Crippen LogP contribution in [0.5, 0.6) is 0 Å². The first-order chi connectivity index (χ1) is 8.98. The van der Waals surface area contributed by atoms with Crippen LogP contribution >= 0.6 is 11.6 Å². The summed E-state index contributed by atoms with van der Waals surface area (Å²) in [6.45, 7) is 3.93. The molecule has 5 nitrogen and oxygen atoms in total. The van der Waals surface area contributed by atoms with Crippen LogP contribution in [-0.4, -0.2) is 34.5 Å². The predicted molar refractivity (Wildman–Crippen MR) is 76.1 cm³/mol. The van der Waals surface area contributed by atoms with E-state index in [2.05, 4.69) is 9.97 Å². The van der Waals surface area contributed by atoms with Crippen molar-refractivity contribution in [3.63, 3.8) is 0 Å². The zero-order valence-corrected chi connectivity index (χ0v) is 12.5. The van der Waals surface area contributed by atoms with Gasteiger partial charge in [-0.2, -0.15) is 0 Å². The Morgan fingerprint density at radius 3 is 2.79 bits per heavy atom. The quantitative estimate of drug-likeness (QED) is 0.791. The van der Waals surface area contributed by atoms with Crippen molar-refractivity contribution < 1.29 is 8.42 Å². The summed E-state index contributed by atoms with van der Waals surface area (Å²) in [6.07, 6.45) is 1.70. The number of aryl methyl sites for hydroxylation is 2. The van der Waals surface area contributed by atoms with Crippen LogP contribution in [0, 0.1) is 6.92 Å². The fourth-order valence-electron chi connectivity index (χ4n) is 1.90. The minimum absolute atomic E-state index is 0.0778. The van der Waals surface area contributed by atoms with E-state index in [1.165, 1.54) is 0 Å². The number of alkyl halides is 1. The minimum atomic E-state index is -3.02. The number of hydrogen-bond donors (Lipinski definition) is 0. The molecule has 0 aliphatic carbocycles. The SMILES string of the molecule is CCS(=O)(=O)CCn1c(CCl)nc2c(C)ccnc21. The first-order valence-electron chi connectivity index (χ1n) is 6.05. The van der Waals surface area contributed by atoms with Crippen LogP contribution < -0.4 is 0 Å². The van der Waals surface area contributed by atoms with E-state index < -0.39 is 9.84 Å². The fourth-order valence-corrected chi connectivity index (χ4v) is 2.85. The summed E-state index contributed by atoms with van der Waals surface area (Å²) in [5, 5.41) is 0. The lowest BCUT2D eigenvalue weighted by Gasteiger charge is -2.07. The Morgan fingerprint density at radius 2 is 2.16 bits per heavy atom. The van der Waals surface area contributed by atoms with Crippen molar-refractivity contribution in [2.75, 3.05) is 11.5 Å². The molecule has 0 saturated heterocycles. The first kappa shape index (κ1) is 14.3. The highest BCUT2D eigenvalue weighted by atomic mass is 35.5. The number of nitrogens with zero attached hydrogens (tertiary/aromatic N) is 3. The molecular weight excluding hydrogens is 286 g/mol. The van der Waals surface area contributed by atoms with Crippen LogP contribution in [0.15, 0.2) is 12.3 Å². The molecule has 0 aliphatic heterocycles. The second kappa shape index (κ2) is 5.46. The molecule has 2 aromatic heterocycles. The zero-order chi connectivity index (χ0) is 14.0. The number of imidazole rings is 1. The molecule has 0 bridgehead atoms. The Bertz CT molecular complexity index is 694. The lowest BCUT2D eigenvalue weighted by molar-refractivity contribution is 0.589.